The molecule has 28 heavy (non-hydrogen) atoms. The average Bonchev–Trinajstić information content (AvgIpc) is 2.68. The summed E-state index contributed by atoms with van der Waals surface area (Å²) in [6, 6.07) is 11.7. The Morgan fingerprint density at radius 1 is 1.07 bits per heavy atom. The molecule has 0 radical (unpaired) electrons. The molecule has 0 amide bonds. The van der Waals surface area contributed by atoms with Crippen LogP contribution in [0.4, 0.5) is 17.5 Å². The van der Waals surface area contributed by atoms with Crippen molar-refractivity contribution in [2.24, 2.45) is 5.92 Å². The normalized spacial score (nSPS) is 12.1. The van der Waals surface area contributed by atoms with Crippen LogP contribution in [0.5, 0.6) is 0 Å². The van der Waals surface area contributed by atoms with Crippen LogP contribution in [-0.2, 0) is 0 Å². The Balaban J connectivity index is 1.99. The monoisotopic (exact) mass is 441 g/mol. The maximum absolute atomic E-state index is 9.66. The van der Waals surface area contributed by atoms with Crippen molar-refractivity contribution in [3.63, 3.8) is 0 Å². The topological polar surface area (TPSA) is 83.0 Å². The first-order valence-corrected chi connectivity index (χ1v) is 9.95. The standard InChI is InChI=1S/C21H24BrN5O/c1-13(2)19(12-28)26-21-25-18(15-6-8-23-9-7-15)11-20(27-21)24-17-5-4-14(3)10-16(17)22/h4-11,13,19,28H,12H2,1-3H3,(H2,24,25,26,27)/t19-/m1/s1. The number of aliphatic hydroxyl groups excluding tert-OH is 1. The van der Waals surface area contributed by atoms with Gasteiger partial charge in [-0.2, -0.15) is 4.98 Å². The van der Waals surface area contributed by atoms with Gasteiger partial charge in [-0.3, -0.25) is 4.98 Å². The summed E-state index contributed by atoms with van der Waals surface area (Å²) in [5.41, 5.74) is 3.80. The minimum absolute atomic E-state index is 0.00673. The van der Waals surface area contributed by atoms with Crippen LogP contribution in [0.25, 0.3) is 11.3 Å². The highest BCUT2D eigenvalue weighted by Crippen LogP contribution is 2.28. The summed E-state index contributed by atoms with van der Waals surface area (Å²) in [5, 5.41) is 16.3. The number of aliphatic hydroxyl groups is 1. The van der Waals surface area contributed by atoms with E-state index in [1.54, 1.807) is 12.4 Å². The quantitative estimate of drug-likeness (QED) is 0.489. The third kappa shape index (κ3) is 5.05. The molecule has 0 fully saturated rings. The van der Waals surface area contributed by atoms with E-state index in [9.17, 15) is 5.11 Å². The van der Waals surface area contributed by atoms with Gasteiger partial charge in [-0.05, 0) is 58.6 Å². The van der Waals surface area contributed by atoms with E-state index >= 15 is 0 Å². The molecule has 6 nitrogen and oxygen atoms in total. The molecule has 0 saturated heterocycles. The molecule has 0 aliphatic heterocycles. The third-order valence-electron chi connectivity index (χ3n) is 4.41. The number of hydrogen-bond donors (Lipinski definition) is 3. The van der Waals surface area contributed by atoms with Crippen LogP contribution >= 0.6 is 15.9 Å². The van der Waals surface area contributed by atoms with Gasteiger partial charge in [0.15, 0.2) is 0 Å². The highest BCUT2D eigenvalue weighted by Gasteiger charge is 2.15. The molecule has 7 heteroatoms. The van der Waals surface area contributed by atoms with Gasteiger partial charge in [-0.1, -0.05) is 19.9 Å². The fraction of sp³-hybridized carbons (Fsp3) is 0.286. The number of hydrogen-bond acceptors (Lipinski definition) is 6. The molecule has 2 heterocycles. The lowest BCUT2D eigenvalue weighted by Crippen LogP contribution is -2.30. The SMILES string of the molecule is Cc1ccc(Nc2cc(-c3ccncc3)nc(N[C@H](CO)C(C)C)n2)c(Br)c1. The van der Waals surface area contributed by atoms with Crippen molar-refractivity contribution < 1.29 is 5.11 Å². The van der Waals surface area contributed by atoms with Crippen LogP contribution in [0.3, 0.4) is 0 Å². The lowest BCUT2D eigenvalue weighted by molar-refractivity contribution is 0.248. The van der Waals surface area contributed by atoms with E-state index in [0.717, 1.165) is 21.4 Å². The van der Waals surface area contributed by atoms with Crippen LogP contribution in [-0.4, -0.2) is 32.7 Å². The Morgan fingerprint density at radius 2 is 1.82 bits per heavy atom. The molecule has 2 aromatic heterocycles. The Kier molecular flexibility index (Phi) is 6.59. The molecule has 3 aromatic rings. The molecule has 0 bridgehead atoms. The summed E-state index contributed by atoms with van der Waals surface area (Å²) < 4.78 is 0.960. The highest BCUT2D eigenvalue weighted by molar-refractivity contribution is 9.10. The Bertz CT molecular complexity index is 933. The fourth-order valence-electron chi connectivity index (χ4n) is 2.69. The van der Waals surface area contributed by atoms with Gasteiger partial charge in [0.25, 0.3) is 0 Å². The molecule has 0 unspecified atom stereocenters. The van der Waals surface area contributed by atoms with Crippen LogP contribution < -0.4 is 10.6 Å². The Morgan fingerprint density at radius 3 is 2.46 bits per heavy atom. The first-order chi connectivity index (χ1) is 13.5. The second-order valence-corrected chi connectivity index (χ2v) is 7.84. The summed E-state index contributed by atoms with van der Waals surface area (Å²) in [5.74, 6) is 1.36. The summed E-state index contributed by atoms with van der Waals surface area (Å²) in [6.07, 6.45) is 3.47. The third-order valence-corrected chi connectivity index (χ3v) is 5.06. The van der Waals surface area contributed by atoms with Crippen molar-refractivity contribution >= 4 is 33.4 Å². The predicted octanol–water partition coefficient (Wildman–Crippen LogP) is 4.78. The first-order valence-electron chi connectivity index (χ1n) is 9.16. The van der Waals surface area contributed by atoms with E-state index in [-0.39, 0.29) is 18.6 Å². The van der Waals surface area contributed by atoms with Crippen molar-refractivity contribution in [2.45, 2.75) is 26.8 Å². The molecule has 0 saturated carbocycles. The number of halogens is 1. The zero-order chi connectivity index (χ0) is 20.1. The summed E-state index contributed by atoms with van der Waals surface area (Å²) in [7, 11) is 0. The lowest BCUT2D eigenvalue weighted by Gasteiger charge is -2.21. The summed E-state index contributed by atoms with van der Waals surface area (Å²) in [4.78, 5) is 13.3. The van der Waals surface area contributed by atoms with Crippen molar-refractivity contribution in [1.29, 1.82) is 0 Å². The van der Waals surface area contributed by atoms with E-state index in [0.29, 0.717) is 11.8 Å². The first kappa shape index (κ1) is 20.2. The van der Waals surface area contributed by atoms with E-state index < -0.39 is 0 Å². The van der Waals surface area contributed by atoms with Crippen molar-refractivity contribution in [3.05, 3.63) is 58.8 Å². The van der Waals surface area contributed by atoms with Crippen molar-refractivity contribution in [2.75, 3.05) is 17.2 Å². The number of nitrogens with zero attached hydrogens (tertiary/aromatic N) is 3. The van der Waals surface area contributed by atoms with Gasteiger partial charge in [0, 0.05) is 28.5 Å². The predicted molar refractivity (Wildman–Crippen MR) is 117 cm³/mol. The number of anilines is 3. The highest BCUT2D eigenvalue weighted by atomic mass is 79.9. The molecule has 3 rings (SSSR count). The molecule has 0 aliphatic carbocycles. The van der Waals surface area contributed by atoms with Crippen LogP contribution in [0.2, 0.25) is 0 Å². The summed E-state index contributed by atoms with van der Waals surface area (Å²) >= 11 is 3.59. The minimum atomic E-state index is -0.133. The van der Waals surface area contributed by atoms with E-state index in [2.05, 4.69) is 41.5 Å². The largest absolute Gasteiger partial charge is 0.394 e. The second kappa shape index (κ2) is 9.12. The Labute approximate surface area is 173 Å². The van der Waals surface area contributed by atoms with E-state index in [1.165, 1.54) is 5.56 Å². The number of aryl methyl sites for hydroxylation is 1. The average molecular weight is 442 g/mol. The molecule has 146 valence electrons. The number of nitrogens with one attached hydrogen (secondary N) is 2. The molecular weight excluding hydrogens is 418 g/mol. The molecular formula is C21H24BrN5O. The maximum Gasteiger partial charge on any atom is 0.225 e. The smallest absolute Gasteiger partial charge is 0.225 e. The Hall–Kier alpha value is -2.51. The van der Waals surface area contributed by atoms with Gasteiger partial charge in [0.05, 0.1) is 24.0 Å². The zero-order valence-corrected chi connectivity index (χ0v) is 17.7. The van der Waals surface area contributed by atoms with Gasteiger partial charge < -0.3 is 15.7 Å². The minimum Gasteiger partial charge on any atom is -0.394 e. The van der Waals surface area contributed by atoms with Crippen molar-refractivity contribution in [1.82, 2.24) is 15.0 Å². The number of rotatable bonds is 7. The molecule has 1 atom stereocenters. The van der Waals surface area contributed by atoms with Gasteiger partial charge in [0.1, 0.15) is 5.82 Å². The number of aromatic nitrogens is 3. The molecule has 0 aliphatic rings. The molecule has 0 spiro atoms. The zero-order valence-electron chi connectivity index (χ0n) is 16.1. The van der Waals surface area contributed by atoms with Gasteiger partial charge in [0.2, 0.25) is 5.95 Å². The number of benzene rings is 1. The number of pyridine rings is 1. The summed E-state index contributed by atoms with van der Waals surface area (Å²) in [6.45, 7) is 6.14. The fourth-order valence-corrected chi connectivity index (χ4v) is 3.29. The van der Waals surface area contributed by atoms with E-state index in [1.807, 2.05) is 57.2 Å². The van der Waals surface area contributed by atoms with Crippen LogP contribution in [0.1, 0.15) is 19.4 Å². The van der Waals surface area contributed by atoms with Crippen molar-refractivity contribution in [3.8, 4) is 11.3 Å². The van der Waals surface area contributed by atoms with Gasteiger partial charge in [-0.25, -0.2) is 4.98 Å². The van der Waals surface area contributed by atoms with Crippen LogP contribution in [0, 0.1) is 12.8 Å². The molecule has 3 N–H and O–H groups in total. The lowest BCUT2D eigenvalue weighted by atomic mass is 10.1. The van der Waals surface area contributed by atoms with E-state index in [4.69, 9.17) is 0 Å². The second-order valence-electron chi connectivity index (χ2n) is 6.98. The van der Waals surface area contributed by atoms with Gasteiger partial charge in [-0.15, -0.1) is 0 Å². The van der Waals surface area contributed by atoms with Crippen LogP contribution in [0.15, 0.2) is 53.3 Å². The molecule has 1 aromatic carbocycles. The van der Waals surface area contributed by atoms with Gasteiger partial charge >= 0.3 is 0 Å². The maximum atomic E-state index is 9.66.